The number of alkyl halides is 3. The summed E-state index contributed by atoms with van der Waals surface area (Å²) < 4.78 is 37.3. The first-order chi connectivity index (χ1) is 7.45. The molecule has 2 N–H and O–H groups in total. The van der Waals surface area contributed by atoms with E-state index in [1.807, 2.05) is 7.05 Å². The van der Waals surface area contributed by atoms with Crippen LogP contribution in [0.1, 0.15) is 32.1 Å². The predicted octanol–water partition coefficient (Wildman–Crippen LogP) is 2.39. The quantitative estimate of drug-likeness (QED) is 0.814. The molecule has 0 aliphatic heterocycles. The van der Waals surface area contributed by atoms with Crippen molar-refractivity contribution in [1.82, 2.24) is 4.90 Å². The van der Waals surface area contributed by atoms with E-state index in [4.69, 9.17) is 5.73 Å². The predicted molar refractivity (Wildman–Crippen MR) is 58.1 cm³/mol. The third-order valence-corrected chi connectivity index (χ3v) is 3.50. The Morgan fingerprint density at radius 1 is 1.19 bits per heavy atom. The van der Waals surface area contributed by atoms with Gasteiger partial charge in [-0.2, -0.15) is 13.2 Å². The number of nitrogens with two attached hydrogens (primary N) is 1. The molecule has 1 aliphatic carbocycles. The van der Waals surface area contributed by atoms with E-state index in [2.05, 4.69) is 4.90 Å². The van der Waals surface area contributed by atoms with Crippen LogP contribution in [-0.4, -0.2) is 37.3 Å². The standard InChI is InChI=1S/C11H21F3N2/c1-16(8-2-7-15)10-5-3-9(4-6-10)11(12,13)14/h9-10H,2-8,15H2,1H3. The second-order valence-electron chi connectivity index (χ2n) is 4.67. The minimum Gasteiger partial charge on any atom is -0.330 e. The molecule has 1 aliphatic rings. The molecule has 1 saturated carbocycles. The topological polar surface area (TPSA) is 29.3 Å². The van der Waals surface area contributed by atoms with Crippen LogP contribution in [0.5, 0.6) is 0 Å². The molecular weight excluding hydrogens is 217 g/mol. The first-order valence-corrected chi connectivity index (χ1v) is 5.92. The highest BCUT2D eigenvalue weighted by Gasteiger charge is 2.41. The minimum atomic E-state index is -4.00. The molecule has 0 aromatic heterocycles. The zero-order valence-corrected chi connectivity index (χ0v) is 9.76. The van der Waals surface area contributed by atoms with Gasteiger partial charge in [-0.05, 0) is 52.2 Å². The molecule has 0 spiro atoms. The Labute approximate surface area is 95.0 Å². The van der Waals surface area contributed by atoms with Crippen LogP contribution in [0.2, 0.25) is 0 Å². The number of nitrogens with zero attached hydrogens (tertiary/aromatic N) is 1. The fourth-order valence-electron chi connectivity index (χ4n) is 2.37. The molecule has 96 valence electrons. The molecule has 0 bridgehead atoms. The molecule has 0 heterocycles. The Balaban J connectivity index is 2.31. The van der Waals surface area contributed by atoms with Gasteiger partial charge in [-0.25, -0.2) is 0 Å². The Morgan fingerprint density at radius 3 is 2.19 bits per heavy atom. The molecule has 0 aromatic rings. The Bertz CT molecular complexity index is 198. The van der Waals surface area contributed by atoms with Crippen LogP contribution in [0, 0.1) is 5.92 Å². The average Bonchev–Trinajstić information content (AvgIpc) is 2.25. The second kappa shape index (κ2) is 5.87. The molecule has 0 amide bonds. The molecule has 1 rings (SSSR count). The van der Waals surface area contributed by atoms with Crippen LogP contribution in [0.4, 0.5) is 13.2 Å². The number of hydrogen-bond acceptors (Lipinski definition) is 2. The maximum Gasteiger partial charge on any atom is 0.391 e. The first-order valence-electron chi connectivity index (χ1n) is 5.92. The molecule has 5 heteroatoms. The number of hydrogen-bond donors (Lipinski definition) is 1. The van der Waals surface area contributed by atoms with E-state index in [-0.39, 0.29) is 12.8 Å². The minimum absolute atomic E-state index is 0.279. The summed E-state index contributed by atoms with van der Waals surface area (Å²) >= 11 is 0. The SMILES string of the molecule is CN(CCCN)C1CCC(C(F)(F)F)CC1. The van der Waals surface area contributed by atoms with Gasteiger partial charge in [0.15, 0.2) is 0 Å². The molecule has 2 nitrogen and oxygen atoms in total. The summed E-state index contributed by atoms with van der Waals surface area (Å²) in [6.45, 7) is 1.53. The molecule has 0 atom stereocenters. The van der Waals surface area contributed by atoms with E-state index in [1.165, 1.54) is 0 Å². The Morgan fingerprint density at radius 2 is 1.75 bits per heavy atom. The average molecular weight is 238 g/mol. The summed E-state index contributed by atoms with van der Waals surface area (Å²) in [6.07, 6.45) is -1.21. The van der Waals surface area contributed by atoms with Gasteiger partial charge in [-0.1, -0.05) is 0 Å². The summed E-state index contributed by atoms with van der Waals surface area (Å²) in [4.78, 5) is 2.15. The number of rotatable bonds is 4. The summed E-state index contributed by atoms with van der Waals surface area (Å²) in [5.74, 6) is -1.08. The molecule has 1 fully saturated rings. The smallest absolute Gasteiger partial charge is 0.330 e. The molecule has 0 saturated heterocycles. The lowest BCUT2D eigenvalue weighted by Gasteiger charge is -2.35. The highest BCUT2D eigenvalue weighted by molar-refractivity contribution is 4.81. The van der Waals surface area contributed by atoms with Crippen molar-refractivity contribution in [3.05, 3.63) is 0 Å². The van der Waals surface area contributed by atoms with Crippen molar-refractivity contribution in [3.63, 3.8) is 0 Å². The normalized spacial score (nSPS) is 27.4. The van der Waals surface area contributed by atoms with Crippen molar-refractivity contribution < 1.29 is 13.2 Å². The lowest BCUT2D eigenvalue weighted by molar-refractivity contribution is -0.184. The zero-order valence-electron chi connectivity index (χ0n) is 9.76. The van der Waals surface area contributed by atoms with Crippen molar-refractivity contribution in [1.29, 1.82) is 0 Å². The summed E-state index contributed by atoms with van der Waals surface area (Å²) in [6, 6.07) is 0.310. The van der Waals surface area contributed by atoms with Gasteiger partial charge < -0.3 is 10.6 Å². The van der Waals surface area contributed by atoms with Gasteiger partial charge in [0.05, 0.1) is 5.92 Å². The zero-order chi connectivity index (χ0) is 12.2. The third kappa shape index (κ3) is 3.94. The highest BCUT2D eigenvalue weighted by Crippen LogP contribution is 2.38. The van der Waals surface area contributed by atoms with Gasteiger partial charge in [0.2, 0.25) is 0 Å². The lowest BCUT2D eigenvalue weighted by Crippen LogP contribution is -2.39. The first kappa shape index (κ1) is 13.8. The van der Waals surface area contributed by atoms with Crippen LogP contribution in [0.25, 0.3) is 0 Å². The third-order valence-electron chi connectivity index (χ3n) is 3.50. The second-order valence-corrected chi connectivity index (χ2v) is 4.67. The molecule has 0 unspecified atom stereocenters. The van der Waals surface area contributed by atoms with Crippen LogP contribution in [-0.2, 0) is 0 Å². The van der Waals surface area contributed by atoms with Crippen LogP contribution < -0.4 is 5.73 Å². The molecule has 0 aromatic carbocycles. The van der Waals surface area contributed by atoms with E-state index in [1.54, 1.807) is 0 Å². The molecule has 0 radical (unpaired) electrons. The molecular formula is C11H21F3N2. The van der Waals surface area contributed by atoms with Gasteiger partial charge in [0, 0.05) is 6.04 Å². The maximum absolute atomic E-state index is 12.4. The monoisotopic (exact) mass is 238 g/mol. The van der Waals surface area contributed by atoms with E-state index < -0.39 is 12.1 Å². The number of halogens is 3. The molecule has 16 heavy (non-hydrogen) atoms. The van der Waals surface area contributed by atoms with Gasteiger partial charge >= 0.3 is 6.18 Å². The van der Waals surface area contributed by atoms with E-state index in [9.17, 15) is 13.2 Å². The van der Waals surface area contributed by atoms with Gasteiger partial charge in [0.25, 0.3) is 0 Å². The fourth-order valence-corrected chi connectivity index (χ4v) is 2.37. The maximum atomic E-state index is 12.4. The fraction of sp³-hybridized carbons (Fsp3) is 1.00. The van der Waals surface area contributed by atoms with Crippen molar-refractivity contribution in [2.45, 2.75) is 44.3 Å². The van der Waals surface area contributed by atoms with E-state index in [0.29, 0.717) is 25.4 Å². The van der Waals surface area contributed by atoms with Crippen molar-refractivity contribution >= 4 is 0 Å². The Kier molecular flexibility index (Phi) is 5.05. The van der Waals surface area contributed by atoms with Crippen molar-refractivity contribution in [2.75, 3.05) is 20.1 Å². The highest BCUT2D eigenvalue weighted by atomic mass is 19.4. The summed E-state index contributed by atoms with van der Waals surface area (Å²) in [5, 5.41) is 0. The van der Waals surface area contributed by atoms with E-state index >= 15 is 0 Å². The van der Waals surface area contributed by atoms with Crippen molar-refractivity contribution in [2.24, 2.45) is 11.7 Å². The Hall–Kier alpha value is -0.290. The van der Waals surface area contributed by atoms with Crippen molar-refractivity contribution in [3.8, 4) is 0 Å². The summed E-state index contributed by atoms with van der Waals surface area (Å²) in [5.41, 5.74) is 5.41. The van der Waals surface area contributed by atoms with Gasteiger partial charge in [-0.3, -0.25) is 0 Å². The summed E-state index contributed by atoms with van der Waals surface area (Å²) in [7, 11) is 1.98. The van der Waals surface area contributed by atoms with E-state index in [0.717, 1.165) is 13.0 Å². The van der Waals surface area contributed by atoms with Crippen LogP contribution in [0.3, 0.4) is 0 Å². The largest absolute Gasteiger partial charge is 0.391 e. The van der Waals surface area contributed by atoms with Gasteiger partial charge in [-0.15, -0.1) is 0 Å². The van der Waals surface area contributed by atoms with Crippen LogP contribution >= 0.6 is 0 Å². The van der Waals surface area contributed by atoms with Crippen LogP contribution in [0.15, 0.2) is 0 Å². The lowest BCUT2D eigenvalue weighted by atomic mass is 9.85. The van der Waals surface area contributed by atoms with Gasteiger partial charge in [0.1, 0.15) is 0 Å².